The van der Waals surface area contributed by atoms with E-state index >= 15 is 0 Å². The van der Waals surface area contributed by atoms with Crippen LogP contribution in [0.15, 0.2) is 42.5 Å². The lowest BCUT2D eigenvalue weighted by Crippen LogP contribution is -2.01. The smallest absolute Gasteiger partial charge is 0.0370 e. The molecule has 2 rings (SSSR count). The second-order valence-corrected chi connectivity index (χ2v) is 9.25. The van der Waals surface area contributed by atoms with Gasteiger partial charge in [0.15, 0.2) is 0 Å². The van der Waals surface area contributed by atoms with E-state index in [0.29, 0.717) is 0 Å². The lowest BCUT2D eigenvalue weighted by atomic mass is 9.99. The molecule has 0 atom stereocenters. The summed E-state index contributed by atoms with van der Waals surface area (Å²) in [6.07, 6.45) is 21.8. The fourth-order valence-electron chi connectivity index (χ4n) is 4.38. The number of unbranched alkanes of at least 4 members (excludes halogenated alkanes) is 13. The molecule has 0 aromatic heterocycles. The summed E-state index contributed by atoms with van der Waals surface area (Å²) in [4.78, 5) is 0. The van der Waals surface area contributed by atoms with Gasteiger partial charge < -0.3 is 11.5 Å². The van der Waals surface area contributed by atoms with Crippen LogP contribution in [0.5, 0.6) is 0 Å². The number of benzene rings is 2. The summed E-state index contributed by atoms with van der Waals surface area (Å²) >= 11 is 0. The van der Waals surface area contributed by atoms with Crippen LogP contribution < -0.4 is 11.5 Å². The van der Waals surface area contributed by atoms with E-state index in [4.69, 9.17) is 11.5 Å². The molecule has 0 saturated heterocycles. The number of rotatable bonds is 17. The Labute approximate surface area is 191 Å². The monoisotopic (exact) mass is 422 g/mol. The molecule has 2 nitrogen and oxygen atoms in total. The largest absolute Gasteiger partial charge is 0.398 e. The molecule has 172 valence electrons. The highest BCUT2D eigenvalue weighted by molar-refractivity contribution is 5.62. The highest BCUT2D eigenvalue weighted by Gasteiger charge is 2.05. The molecule has 0 heterocycles. The first kappa shape index (κ1) is 25.3. The maximum absolute atomic E-state index is 6.09. The van der Waals surface area contributed by atoms with Crippen LogP contribution in [0.3, 0.4) is 0 Å². The first-order chi connectivity index (χ1) is 15.2. The molecule has 31 heavy (non-hydrogen) atoms. The maximum atomic E-state index is 6.09. The van der Waals surface area contributed by atoms with Gasteiger partial charge in [0.2, 0.25) is 0 Å². The quantitative estimate of drug-likeness (QED) is 0.198. The van der Waals surface area contributed by atoms with Crippen molar-refractivity contribution in [2.75, 3.05) is 11.5 Å². The molecule has 0 bridgehead atoms. The first-order valence-corrected chi connectivity index (χ1v) is 12.9. The number of hydrogen-bond acceptors (Lipinski definition) is 2. The second-order valence-electron chi connectivity index (χ2n) is 9.25. The average Bonchev–Trinajstić information content (AvgIpc) is 2.77. The van der Waals surface area contributed by atoms with Crippen molar-refractivity contribution in [1.82, 2.24) is 0 Å². The third kappa shape index (κ3) is 10.8. The zero-order valence-electron chi connectivity index (χ0n) is 20.0. The van der Waals surface area contributed by atoms with Crippen molar-refractivity contribution in [3.8, 4) is 0 Å². The van der Waals surface area contributed by atoms with Crippen LogP contribution in [0, 0.1) is 0 Å². The van der Waals surface area contributed by atoms with E-state index in [0.717, 1.165) is 23.4 Å². The summed E-state index contributed by atoms with van der Waals surface area (Å²) < 4.78 is 0. The van der Waals surface area contributed by atoms with E-state index in [-0.39, 0.29) is 0 Å². The lowest BCUT2D eigenvalue weighted by Gasteiger charge is -2.10. The Bertz CT molecular complexity index is 685. The van der Waals surface area contributed by atoms with Crippen LogP contribution in [0.2, 0.25) is 0 Å². The van der Waals surface area contributed by atoms with Gasteiger partial charge in [0.25, 0.3) is 0 Å². The SMILES string of the molecule is CCCCCCCCCCCCCCCCc1ccc(Cc2c(N)cccc2N)cc1. The van der Waals surface area contributed by atoms with Crippen LogP contribution in [-0.4, -0.2) is 0 Å². The zero-order chi connectivity index (χ0) is 22.2. The summed E-state index contributed by atoms with van der Waals surface area (Å²) in [7, 11) is 0. The number of hydrogen-bond donors (Lipinski definition) is 2. The molecule has 2 aromatic rings. The van der Waals surface area contributed by atoms with Crippen molar-refractivity contribution in [2.24, 2.45) is 0 Å². The molecular formula is C29H46N2. The fraction of sp³-hybridized carbons (Fsp3) is 0.586. The molecule has 0 radical (unpaired) electrons. The van der Waals surface area contributed by atoms with Crippen LogP contribution in [0.1, 0.15) is 114 Å². The van der Waals surface area contributed by atoms with E-state index in [1.807, 2.05) is 18.2 Å². The van der Waals surface area contributed by atoms with E-state index in [1.54, 1.807) is 0 Å². The van der Waals surface area contributed by atoms with Gasteiger partial charge in [-0.3, -0.25) is 0 Å². The van der Waals surface area contributed by atoms with Gasteiger partial charge >= 0.3 is 0 Å². The third-order valence-electron chi connectivity index (χ3n) is 6.47. The Morgan fingerprint density at radius 1 is 0.516 bits per heavy atom. The Morgan fingerprint density at radius 2 is 0.935 bits per heavy atom. The molecule has 2 aromatic carbocycles. The van der Waals surface area contributed by atoms with E-state index in [1.165, 1.54) is 107 Å². The number of aryl methyl sites for hydroxylation is 1. The third-order valence-corrected chi connectivity index (χ3v) is 6.47. The van der Waals surface area contributed by atoms with Gasteiger partial charge in [-0.15, -0.1) is 0 Å². The highest BCUT2D eigenvalue weighted by atomic mass is 14.6. The van der Waals surface area contributed by atoms with E-state index in [2.05, 4.69) is 31.2 Å². The maximum Gasteiger partial charge on any atom is 0.0370 e. The minimum Gasteiger partial charge on any atom is -0.398 e. The van der Waals surface area contributed by atoms with Gasteiger partial charge in [0.1, 0.15) is 0 Å². The van der Waals surface area contributed by atoms with Gasteiger partial charge in [0, 0.05) is 23.4 Å². The van der Waals surface area contributed by atoms with Crippen LogP contribution in [0.25, 0.3) is 0 Å². The van der Waals surface area contributed by atoms with Crippen LogP contribution >= 0.6 is 0 Å². The average molecular weight is 423 g/mol. The molecule has 0 aliphatic rings. The van der Waals surface area contributed by atoms with Crippen molar-refractivity contribution in [3.63, 3.8) is 0 Å². The van der Waals surface area contributed by atoms with Gasteiger partial charge in [-0.1, -0.05) is 121 Å². The Morgan fingerprint density at radius 3 is 1.42 bits per heavy atom. The van der Waals surface area contributed by atoms with Crippen molar-refractivity contribution in [1.29, 1.82) is 0 Å². The molecule has 2 heteroatoms. The second kappa shape index (κ2) is 15.8. The molecule has 0 spiro atoms. The van der Waals surface area contributed by atoms with Gasteiger partial charge in [-0.05, 0) is 36.1 Å². The summed E-state index contributed by atoms with van der Waals surface area (Å²) in [5, 5.41) is 0. The Hall–Kier alpha value is -1.96. The fourth-order valence-corrected chi connectivity index (χ4v) is 4.38. The topological polar surface area (TPSA) is 52.0 Å². The van der Waals surface area contributed by atoms with Crippen molar-refractivity contribution in [3.05, 3.63) is 59.2 Å². The summed E-state index contributed by atoms with van der Waals surface area (Å²) in [5.41, 5.74) is 17.5. The molecule has 0 aliphatic heterocycles. The zero-order valence-corrected chi connectivity index (χ0v) is 20.0. The van der Waals surface area contributed by atoms with Crippen molar-refractivity contribution >= 4 is 11.4 Å². The summed E-state index contributed by atoms with van der Waals surface area (Å²) in [6, 6.07) is 14.8. The summed E-state index contributed by atoms with van der Waals surface area (Å²) in [6.45, 7) is 2.29. The van der Waals surface area contributed by atoms with Gasteiger partial charge in [-0.2, -0.15) is 0 Å². The molecule has 0 unspecified atom stereocenters. The number of nitrogens with two attached hydrogens (primary N) is 2. The Kier molecular flexibility index (Phi) is 12.9. The lowest BCUT2D eigenvalue weighted by molar-refractivity contribution is 0.535. The van der Waals surface area contributed by atoms with E-state index < -0.39 is 0 Å². The highest BCUT2D eigenvalue weighted by Crippen LogP contribution is 2.23. The molecular weight excluding hydrogens is 376 g/mol. The Balaban J connectivity index is 1.48. The molecule has 0 fully saturated rings. The predicted octanol–water partition coefficient (Wildman–Crippen LogP) is 8.47. The minimum absolute atomic E-state index is 0.784. The van der Waals surface area contributed by atoms with Gasteiger partial charge in [-0.25, -0.2) is 0 Å². The number of anilines is 2. The molecule has 0 aliphatic carbocycles. The molecule has 4 N–H and O–H groups in total. The van der Waals surface area contributed by atoms with Crippen LogP contribution in [0.4, 0.5) is 11.4 Å². The van der Waals surface area contributed by atoms with Crippen molar-refractivity contribution in [2.45, 2.75) is 110 Å². The van der Waals surface area contributed by atoms with Gasteiger partial charge in [0.05, 0.1) is 0 Å². The standard InChI is InChI=1S/C29H46N2/c1-2-3-4-5-6-7-8-9-10-11-12-13-14-15-17-25-20-22-26(23-21-25)24-27-28(30)18-16-19-29(27)31/h16,18-23H,2-15,17,24,30-31H2,1H3. The molecule has 0 saturated carbocycles. The predicted molar refractivity (Wildman–Crippen MR) is 139 cm³/mol. The van der Waals surface area contributed by atoms with E-state index in [9.17, 15) is 0 Å². The summed E-state index contributed by atoms with van der Waals surface area (Å²) in [5.74, 6) is 0. The number of nitrogen functional groups attached to an aromatic ring is 2. The molecule has 0 amide bonds. The van der Waals surface area contributed by atoms with Crippen molar-refractivity contribution < 1.29 is 0 Å². The first-order valence-electron chi connectivity index (χ1n) is 12.9. The minimum atomic E-state index is 0.784. The normalized spacial score (nSPS) is 11.1. The van der Waals surface area contributed by atoms with Crippen LogP contribution in [-0.2, 0) is 12.8 Å².